The van der Waals surface area contributed by atoms with Gasteiger partial charge in [0.05, 0.1) is 6.54 Å². The maximum absolute atomic E-state index is 11.5. The normalized spacial score (nSPS) is 19.9. The molecule has 25 heavy (non-hydrogen) atoms. The van der Waals surface area contributed by atoms with Crippen molar-refractivity contribution in [2.24, 2.45) is 0 Å². The number of hydrogen-bond acceptors (Lipinski definition) is 3. The molecule has 2 heterocycles. The molecule has 0 saturated carbocycles. The maximum atomic E-state index is 11.5. The number of rotatable bonds is 3. The highest BCUT2D eigenvalue weighted by Gasteiger charge is 2.38. The second-order valence-corrected chi connectivity index (χ2v) is 6.21. The molecule has 5 heteroatoms. The number of nitrogens with zero attached hydrogens (tertiary/aromatic N) is 2. The van der Waals surface area contributed by atoms with Crippen LogP contribution in [-0.4, -0.2) is 40.3 Å². The number of pyridine rings is 1. The van der Waals surface area contributed by atoms with Crippen molar-refractivity contribution in [1.29, 1.82) is 0 Å². The SMILES string of the molecule is O=C(O)N1CC(Oc2cccc3cnccc23)C(c2ccccc2)C1. The number of carbonyl (C=O) groups is 1. The van der Waals surface area contributed by atoms with Crippen LogP contribution >= 0.6 is 0 Å². The largest absolute Gasteiger partial charge is 0.487 e. The van der Waals surface area contributed by atoms with Crippen molar-refractivity contribution in [2.45, 2.75) is 12.0 Å². The van der Waals surface area contributed by atoms with Crippen LogP contribution in [0.4, 0.5) is 4.79 Å². The van der Waals surface area contributed by atoms with Gasteiger partial charge >= 0.3 is 6.09 Å². The summed E-state index contributed by atoms with van der Waals surface area (Å²) >= 11 is 0. The second-order valence-electron chi connectivity index (χ2n) is 6.21. The van der Waals surface area contributed by atoms with Gasteiger partial charge in [0, 0.05) is 35.6 Å². The summed E-state index contributed by atoms with van der Waals surface area (Å²) in [6.45, 7) is 0.798. The van der Waals surface area contributed by atoms with Crippen LogP contribution in [0.15, 0.2) is 67.0 Å². The number of hydrogen-bond donors (Lipinski definition) is 1. The van der Waals surface area contributed by atoms with E-state index in [2.05, 4.69) is 4.98 Å². The molecule has 1 fully saturated rings. The molecule has 1 aliphatic heterocycles. The Hall–Kier alpha value is -3.08. The minimum Gasteiger partial charge on any atom is -0.487 e. The maximum Gasteiger partial charge on any atom is 0.407 e. The van der Waals surface area contributed by atoms with Gasteiger partial charge in [-0.15, -0.1) is 0 Å². The van der Waals surface area contributed by atoms with Gasteiger partial charge in [0.1, 0.15) is 11.9 Å². The Kier molecular flexibility index (Phi) is 3.98. The fraction of sp³-hybridized carbons (Fsp3) is 0.200. The fourth-order valence-electron chi connectivity index (χ4n) is 3.43. The smallest absolute Gasteiger partial charge is 0.407 e. The molecule has 1 amide bonds. The molecule has 4 rings (SSSR count). The van der Waals surface area contributed by atoms with Crippen LogP contribution in [0.3, 0.4) is 0 Å². The van der Waals surface area contributed by atoms with Gasteiger partial charge in [-0.25, -0.2) is 4.79 Å². The lowest BCUT2D eigenvalue weighted by Crippen LogP contribution is -2.29. The van der Waals surface area contributed by atoms with Crippen molar-refractivity contribution < 1.29 is 14.6 Å². The van der Waals surface area contributed by atoms with Crippen molar-refractivity contribution in [3.05, 3.63) is 72.6 Å². The second kappa shape index (κ2) is 6.43. The van der Waals surface area contributed by atoms with Gasteiger partial charge in [-0.05, 0) is 17.7 Å². The molecule has 1 aliphatic rings. The standard InChI is InChI=1S/C20H18N2O3/c23-20(24)22-12-17(14-5-2-1-3-6-14)19(13-22)25-18-8-4-7-15-11-21-10-9-16(15)18/h1-11,17,19H,12-13H2,(H,23,24). The molecule has 1 aromatic heterocycles. The third-order valence-corrected chi connectivity index (χ3v) is 4.68. The number of benzene rings is 2. The summed E-state index contributed by atoms with van der Waals surface area (Å²) in [6.07, 6.45) is 2.41. The minimum atomic E-state index is -0.908. The predicted octanol–water partition coefficient (Wildman–Crippen LogP) is 3.76. The predicted molar refractivity (Wildman–Crippen MR) is 94.9 cm³/mol. The molecule has 0 spiro atoms. The summed E-state index contributed by atoms with van der Waals surface area (Å²) in [6, 6.07) is 17.7. The summed E-state index contributed by atoms with van der Waals surface area (Å²) in [5.41, 5.74) is 1.10. The van der Waals surface area contributed by atoms with Crippen molar-refractivity contribution in [2.75, 3.05) is 13.1 Å². The highest BCUT2D eigenvalue weighted by Crippen LogP contribution is 2.33. The number of amides is 1. The quantitative estimate of drug-likeness (QED) is 0.792. The van der Waals surface area contributed by atoms with Gasteiger partial charge in [-0.3, -0.25) is 4.98 Å². The highest BCUT2D eigenvalue weighted by atomic mass is 16.5. The zero-order valence-electron chi connectivity index (χ0n) is 13.6. The van der Waals surface area contributed by atoms with Crippen molar-refractivity contribution >= 4 is 16.9 Å². The van der Waals surface area contributed by atoms with Gasteiger partial charge < -0.3 is 14.7 Å². The van der Waals surface area contributed by atoms with Crippen LogP contribution in [0.25, 0.3) is 10.8 Å². The van der Waals surface area contributed by atoms with Crippen molar-refractivity contribution in [3.8, 4) is 5.75 Å². The molecule has 1 saturated heterocycles. The minimum absolute atomic E-state index is 0.00870. The van der Waals surface area contributed by atoms with E-state index in [-0.39, 0.29) is 12.0 Å². The third kappa shape index (κ3) is 3.01. The van der Waals surface area contributed by atoms with E-state index in [9.17, 15) is 9.90 Å². The molecule has 5 nitrogen and oxygen atoms in total. The topological polar surface area (TPSA) is 62.7 Å². The zero-order chi connectivity index (χ0) is 17.2. The first kappa shape index (κ1) is 15.4. The van der Waals surface area contributed by atoms with Gasteiger partial charge in [-0.2, -0.15) is 0 Å². The summed E-state index contributed by atoms with van der Waals surface area (Å²) < 4.78 is 6.30. The number of fused-ring (bicyclic) bond motifs is 1. The summed E-state index contributed by atoms with van der Waals surface area (Å²) in [5.74, 6) is 0.771. The van der Waals surface area contributed by atoms with E-state index < -0.39 is 6.09 Å². The average Bonchev–Trinajstić information content (AvgIpc) is 3.07. The lowest BCUT2D eigenvalue weighted by molar-refractivity contribution is 0.145. The Labute approximate surface area is 145 Å². The van der Waals surface area contributed by atoms with E-state index in [1.165, 1.54) is 4.90 Å². The van der Waals surface area contributed by atoms with E-state index in [1.54, 1.807) is 12.4 Å². The first-order valence-corrected chi connectivity index (χ1v) is 8.24. The van der Waals surface area contributed by atoms with Crippen LogP contribution in [0.2, 0.25) is 0 Å². The molecule has 2 atom stereocenters. The molecule has 1 N–H and O–H groups in total. The van der Waals surface area contributed by atoms with Gasteiger partial charge in [0.15, 0.2) is 0 Å². The summed E-state index contributed by atoms with van der Waals surface area (Å²) in [5, 5.41) is 11.4. The van der Waals surface area contributed by atoms with Crippen LogP contribution in [0, 0.1) is 0 Å². The lowest BCUT2D eigenvalue weighted by atomic mass is 9.96. The molecular weight excluding hydrogens is 316 g/mol. The van der Waals surface area contributed by atoms with Crippen molar-refractivity contribution in [3.63, 3.8) is 0 Å². The van der Waals surface area contributed by atoms with E-state index in [1.807, 2.05) is 54.6 Å². The molecule has 2 aromatic carbocycles. The van der Waals surface area contributed by atoms with Crippen molar-refractivity contribution in [1.82, 2.24) is 9.88 Å². The molecule has 3 aromatic rings. The van der Waals surface area contributed by atoms with Crippen LogP contribution in [0.5, 0.6) is 5.75 Å². The van der Waals surface area contributed by atoms with E-state index in [0.717, 1.165) is 22.1 Å². The van der Waals surface area contributed by atoms with Crippen LogP contribution < -0.4 is 4.74 Å². The van der Waals surface area contributed by atoms with E-state index in [4.69, 9.17) is 4.74 Å². The van der Waals surface area contributed by atoms with Crippen LogP contribution in [0.1, 0.15) is 11.5 Å². The molecular formula is C20H18N2O3. The number of aromatic nitrogens is 1. The van der Waals surface area contributed by atoms with Gasteiger partial charge in [-0.1, -0.05) is 42.5 Å². The Bertz CT molecular complexity index is 892. The first-order valence-electron chi connectivity index (χ1n) is 8.24. The molecule has 0 aliphatic carbocycles. The van der Waals surface area contributed by atoms with E-state index in [0.29, 0.717) is 13.1 Å². The van der Waals surface area contributed by atoms with Crippen LogP contribution in [-0.2, 0) is 0 Å². The number of carboxylic acid groups (broad SMARTS) is 1. The Morgan fingerprint density at radius 3 is 2.72 bits per heavy atom. The first-order chi connectivity index (χ1) is 12.2. The number of likely N-dealkylation sites (tertiary alicyclic amines) is 1. The Morgan fingerprint density at radius 1 is 1.08 bits per heavy atom. The van der Waals surface area contributed by atoms with Gasteiger partial charge in [0.2, 0.25) is 0 Å². The summed E-state index contributed by atoms with van der Waals surface area (Å²) in [4.78, 5) is 17.0. The summed E-state index contributed by atoms with van der Waals surface area (Å²) in [7, 11) is 0. The molecule has 126 valence electrons. The molecule has 0 bridgehead atoms. The number of ether oxygens (including phenoxy) is 1. The molecule has 0 radical (unpaired) electrons. The monoisotopic (exact) mass is 334 g/mol. The highest BCUT2D eigenvalue weighted by molar-refractivity contribution is 5.87. The van der Waals surface area contributed by atoms with E-state index >= 15 is 0 Å². The third-order valence-electron chi connectivity index (χ3n) is 4.68. The Morgan fingerprint density at radius 2 is 1.92 bits per heavy atom. The van der Waals surface area contributed by atoms with Gasteiger partial charge in [0.25, 0.3) is 0 Å². The molecule has 2 unspecified atom stereocenters. The lowest BCUT2D eigenvalue weighted by Gasteiger charge is -2.21. The zero-order valence-corrected chi connectivity index (χ0v) is 13.6. The average molecular weight is 334 g/mol. The Balaban J connectivity index is 1.67. The fourth-order valence-corrected chi connectivity index (χ4v) is 3.43.